The minimum atomic E-state index is -4.22. The predicted octanol–water partition coefficient (Wildman–Crippen LogP) is 1.19. The van der Waals surface area contributed by atoms with Gasteiger partial charge in [0.25, 0.3) is 10.1 Å². The van der Waals surface area contributed by atoms with Crippen LogP contribution in [0, 0.1) is 29.6 Å². The highest BCUT2D eigenvalue weighted by molar-refractivity contribution is 7.85. The van der Waals surface area contributed by atoms with Crippen molar-refractivity contribution in [3.63, 3.8) is 0 Å². The molecule has 1 aromatic rings. The van der Waals surface area contributed by atoms with Crippen LogP contribution >= 0.6 is 11.3 Å². The molecular weight excluding hydrogens is 236 g/mol. The molecule has 1 rings (SSSR count). The maximum atomic E-state index is 10.7. The van der Waals surface area contributed by atoms with E-state index in [1.807, 2.05) is 6.07 Å². The van der Waals surface area contributed by atoms with Crippen molar-refractivity contribution >= 4 is 21.5 Å². The molecule has 0 aromatic carbocycles. The van der Waals surface area contributed by atoms with Gasteiger partial charge in [-0.1, -0.05) is 0 Å². The van der Waals surface area contributed by atoms with Crippen LogP contribution in [0.2, 0.25) is 0 Å². The van der Waals surface area contributed by atoms with Crippen molar-refractivity contribution in [3.05, 3.63) is 20.9 Å². The Bertz CT molecular complexity index is 572. The average molecular weight is 242 g/mol. The van der Waals surface area contributed by atoms with Gasteiger partial charge in [0.05, 0.1) is 5.56 Å². The summed E-state index contributed by atoms with van der Waals surface area (Å²) in [6.45, 7) is 1.62. The Balaban J connectivity index is 3.40. The predicted molar refractivity (Wildman–Crippen MR) is 53.7 cm³/mol. The van der Waals surface area contributed by atoms with E-state index in [0.717, 1.165) is 11.3 Å². The van der Waals surface area contributed by atoms with Crippen molar-refractivity contribution in [1.82, 2.24) is 0 Å². The summed E-state index contributed by atoms with van der Waals surface area (Å²) < 4.78 is 30.1. The Hall–Kier alpha value is -1.41. The average Bonchev–Trinajstić information content (AvgIpc) is 2.39. The number of nitrogens with zero attached hydrogens (tertiary/aromatic N) is 2. The second-order valence-electron chi connectivity index (χ2n) is 2.79. The molecule has 0 radical (unpaired) electrons. The van der Waals surface area contributed by atoms with Gasteiger partial charge in [-0.2, -0.15) is 18.9 Å². The van der Waals surface area contributed by atoms with E-state index in [9.17, 15) is 8.42 Å². The molecule has 78 valence electrons. The second-order valence-corrected chi connectivity index (χ2v) is 5.47. The van der Waals surface area contributed by atoms with Crippen LogP contribution in [0.1, 0.15) is 20.9 Å². The first-order valence-corrected chi connectivity index (χ1v) is 6.19. The fourth-order valence-corrected chi connectivity index (χ4v) is 2.81. The first-order valence-electron chi connectivity index (χ1n) is 3.76. The first kappa shape index (κ1) is 11.7. The van der Waals surface area contributed by atoms with Crippen molar-refractivity contribution in [2.24, 2.45) is 0 Å². The fourth-order valence-electron chi connectivity index (χ4n) is 1.15. The first-order chi connectivity index (χ1) is 6.89. The van der Waals surface area contributed by atoms with E-state index in [2.05, 4.69) is 0 Å². The quantitative estimate of drug-likeness (QED) is 0.785. The molecule has 0 aliphatic carbocycles. The molecule has 1 N–H and O–H groups in total. The summed E-state index contributed by atoms with van der Waals surface area (Å²) in [5.74, 6) is -0.691. The van der Waals surface area contributed by atoms with E-state index >= 15 is 0 Å². The van der Waals surface area contributed by atoms with Gasteiger partial charge in [0, 0.05) is 10.4 Å². The van der Waals surface area contributed by atoms with Gasteiger partial charge in [0.1, 0.15) is 22.8 Å². The lowest BCUT2D eigenvalue weighted by molar-refractivity contribution is 0.482. The van der Waals surface area contributed by atoms with E-state index < -0.39 is 15.9 Å². The lowest BCUT2D eigenvalue weighted by Gasteiger charge is -1.96. The largest absolute Gasteiger partial charge is 0.285 e. The van der Waals surface area contributed by atoms with Crippen LogP contribution < -0.4 is 0 Å². The molecule has 0 atom stereocenters. The van der Waals surface area contributed by atoms with E-state index in [1.165, 1.54) is 0 Å². The number of nitriles is 2. The van der Waals surface area contributed by atoms with Gasteiger partial charge in [0.2, 0.25) is 0 Å². The molecule has 0 amide bonds. The summed E-state index contributed by atoms with van der Waals surface area (Å²) in [5.41, 5.74) is 0.249. The maximum absolute atomic E-state index is 10.7. The zero-order valence-electron chi connectivity index (χ0n) is 7.68. The van der Waals surface area contributed by atoms with Gasteiger partial charge in [-0.05, 0) is 6.92 Å². The minimum Gasteiger partial charge on any atom is -0.285 e. The third kappa shape index (κ3) is 2.54. The molecule has 0 aliphatic rings. The Morgan fingerprint density at radius 3 is 2.40 bits per heavy atom. The molecule has 0 fully saturated rings. The Morgan fingerprint density at radius 1 is 1.40 bits per heavy atom. The molecular formula is C8H6N2O3S2. The van der Waals surface area contributed by atoms with E-state index in [-0.39, 0.29) is 16.0 Å². The summed E-state index contributed by atoms with van der Waals surface area (Å²) in [7, 11) is -4.22. The molecule has 1 aromatic heterocycles. The lowest BCUT2D eigenvalue weighted by atomic mass is 10.1. The lowest BCUT2D eigenvalue weighted by Crippen LogP contribution is -2.03. The summed E-state index contributed by atoms with van der Waals surface area (Å²) >= 11 is 1.05. The van der Waals surface area contributed by atoms with Gasteiger partial charge in [0.15, 0.2) is 0 Å². The van der Waals surface area contributed by atoms with E-state index in [4.69, 9.17) is 15.1 Å². The second kappa shape index (κ2) is 3.99. The highest BCUT2D eigenvalue weighted by Gasteiger charge is 2.20. The van der Waals surface area contributed by atoms with Gasteiger partial charge in [-0.3, -0.25) is 4.55 Å². The number of hydrogen-bond acceptors (Lipinski definition) is 5. The van der Waals surface area contributed by atoms with Crippen molar-refractivity contribution in [2.45, 2.75) is 12.7 Å². The van der Waals surface area contributed by atoms with Gasteiger partial charge in [-0.15, -0.1) is 11.3 Å². The SMILES string of the molecule is Cc1sc(C#N)c(CS(=O)(=O)O)c1C#N. The Morgan fingerprint density at radius 2 is 2.00 bits per heavy atom. The molecule has 5 nitrogen and oxygen atoms in total. The zero-order chi connectivity index (χ0) is 11.6. The van der Waals surface area contributed by atoms with Crippen LogP contribution in [0.3, 0.4) is 0 Å². The van der Waals surface area contributed by atoms with Crippen molar-refractivity contribution in [2.75, 3.05) is 0 Å². The molecule has 0 aliphatic heterocycles. The molecule has 0 saturated heterocycles. The number of rotatable bonds is 2. The van der Waals surface area contributed by atoms with Crippen molar-refractivity contribution in [3.8, 4) is 12.1 Å². The van der Waals surface area contributed by atoms with Crippen molar-refractivity contribution < 1.29 is 13.0 Å². The van der Waals surface area contributed by atoms with Crippen molar-refractivity contribution in [1.29, 1.82) is 10.5 Å². The summed E-state index contributed by atoms with van der Waals surface area (Å²) in [6, 6.07) is 3.63. The minimum absolute atomic E-state index is 0.0880. The normalized spacial score (nSPS) is 10.7. The van der Waals surface area contributed by atoms with Crippen LogP contribution in [0.25, 0.3) is 0 Å². The van der Waals surface area contributed by atoms with Gasteiger partial charge < -0.3 is 0 Å². The van der Waals surface area contributed by atoms with Gasteiger partial charge >= 0.3 is 0 Å². The van der Waals surface area contributed by atoms with Crippen LogP contribution in [-0.4, -0.2) is 13.0 Å². The maximum Gasteiger partial charge on any atom is 0.269 e. The zero-order valence-corrected chi connectivity index (χ0v) is 9.31. The summed E-state index contributed by atoms with van der Waals surface area (Å²) in [4.78, 5) is 0.731. The Labute approximate surface area is 90.9 Å². The third-order valence-electron chi connectivity index (χ3n) is 1.72. The highest BCUT2D eigenvalue weighted by Crippen LogP contribution is 2.28. The Kier molecular flexibility index (Phi) is 3.10. The molecule has 0 unspecified atom stereocenters. The standard InChI is InChI=1S/C8H6N2O3S2/c1-5-6(2-9)7(4-15(11,12)13)8(3-10)14-5/h4H2,1H3,(H,11,12,13). The van der Waals surface area contributed by atoms with Crippen LogP contribution in [0.15, 0.2) is 0 Å². The number of hydrogen-bond donors (Lipinski definition) is 1. The van der Waals surface area contributed by atoms with E-state index in [1.54, 1.807) is 13.0 Å². The third-order valence-corrected chi connectivity index (χ3v) is 3.43. The molecule has 15 heavy (non-hydrogen) atoms. The smallest absolute Gasteiger partial charge is 0.269 e. The highest BCUT2D eigenvalue weighted by atomic mass is 32.2. The summed E-state index contributed by atoms with van der Waals surface area (Å²) in [5, 5.41) is 17.5. The molecule has 0 bridgehead atoms. The molecule has 7 heteroatoms. The molecule has 0 spiro atoms. The monoisotopic (exact) mass is 242 g/mol. The number of thiophene rings is 1. The van der Waals surface area contributed by atoms with E-state index in [0.29, 0.717) is 4.88 Å². The topological polar surface area (TPSA) is 102 Å². The number of aryl methyl sites for hydroxylation is 1. The van der Waals surface area contributed by atoms with Crippen LogP contribution in [-0.2, 0) is 15.9 Å². The van der Waals surface area contributed by atoms with Gasteiger partial charge in [-0.25, -0.2) is 0 Å². The fraction of sp³-hybridized carbons (Fsp3) is 0.250. The molecule has 1 heterocycles. The molecule has 0 saturated carbocycles. The van der Waals surface area contributed by atoms with Crippen LogP contribution in [0.4, 0.5) is 0 Å². The van der Waals surface area contributed by atoms with Crippen LogP contribution in [0.5, 0.6) is 0 Å². The summed E-state index contributed by atoms with van der Waals surface area (Å²) in [6.07, 6.45) is 0.